The van der Waals surface area contributed by atoms with Crippen molar-refractivity contribution < 1.29 is 27.4 Å². The molecule has 1 heterocycles. The van der Waals surface area contributed by atoms with E-state index in [0.717, 1.165) is 12.7 Å². The summed E-state index contributed by atoms with van der Waals surface area (Å²) in [7, 11) is 1.59. The SMILES string of the molecule is COc1cccc(OCCN2CCN(C(=O)NC(C)C(F)(F)F)CC2)c1. The molecule has 26 heavy (non-hydrogen) atoms. The summed E-state index contributed by atoms with van der Waals surface area (Å²) in [6, 6.07) is 4.77. The number of ether oxygens (including phenoxy) is 2. The molecule has 1 aromatic carbocycles. The minimum Gasteiger partial charge on any atom is -0.497 e. The third-order valence-electron chi connectivity index (χ3n) is 4.21. The number of alkyl halides is 3. The first-order valence-electron chi connectivity index (χ1n) is 8.41. The van der Waals surface area contributed by atoms with Crippen molar-refractivity contribution in [2.75, 3.05) is 46.4 Å². The Morgan fingerprint density at radius 2 is 1.88 bits per heavy atom. The van der Waals surface area contributed by atoms with Gasteiger partial charge in [0.1, 0.15) is 24.1 Å². The molecule has 1 N–H and O–H groups in total. The van der Waals surface area contributed by atoms with E-state index in [2.05, 4.69) is 4.90 Å². The van der Waals surface area contributed by atoms with Crippen LogP contribution in [0.25, 0.3) is 0 Å². The molecule has 9 heteroatoms. The molecule has 2 amide bonds. The summed E-state index contributed by atoms with van der Waals surface area (Å²) in [5.41, 5.74) is 0. The molecule has 0 aliphatic carbocycles. The van der Waals surface area contributed by atoms with Crippen LogP contribution in [-0.2, 0) is 0 Å². The minimum absolute atomic E-state index is 0.384. The van der Waals surface area contributed by atoms with Crippen LogP contribution in [0, 0.1) is 0 Å². The lowest BCUT2D eigenvalue weighted by atomic mass is 10.3. The van der Waals surface area contributed by atoms with Crippen LogP contribution in [0.4, 0.5) is 18.0 Å². The number of carbonyl (C=O) groups is 1. The van der Waals surface area contributed by atoms with Gasteiger partial charge in [0.2, 0.25) is 0 Å². The monoisotopic (exact) mass is 375 g/mol. The molecule has 0 aromatic heterocycles. The van der Waals surface area contributed by atoms with Crippen molar-refractivity contribution >= 4 is 6.03 Å². The van der Waals surface area contributed by atoms with Crippen molar-refractivity contribution in [1.29, 1.82) is 0 Å². The average molecular weight is 375 g/mol. The Kier molecular flexibility index (Phi) is 6.96. The molecule has 146 valence electrons. The van der Waals surface area contributed by atoms with Crippen molar-refractivity contribution in [2.45, 2.75) is 19.1 Å². The van der Waals surface area contributed by atoms with Gasteiger partial charge in [0, 0.05) is 38.8 Å². The Hall–Kier alpha value is -2.16. The van der Waals surface area contributed by atoms with Gasteiger partial charge in [-0.2, -0.15) is 13.2 Å². The zero-order valence-corrected chi connectivity index (χ0v) is 14.9. The van der Waals surface area contributed by atoms with E-state index in [0.29, 0.717) is 45.1 Å². The fourth-order valence-electron chi connectivity index (χ4n) is 2.52. The van der Waals surface area contributed by atoms with Crippen LogP contribution in [0.3, 0.4) is 0 Å². The molecule has 2 rings (SSSR count). The number of piperazine rings is 1. The zero-order valence-electron chi connectivity index (χ0n) is 14.9. The van der Waals surface area contributed by atoms with E-state index in [1.54, 1.807) is 13.2 Å². The number of hydrogen-bond donors (Lipinski definition) is 1. The summed E-state index contributed by atoms with van der Waals surface area (Å²) in [5.74, 6) is 1.43. The molecule has 1 saturated heterocycles. The Bertz CT molecular complexity index is 590. The molecular weight excluding hydrogens is 351 g/mol. The molecule has 1 aliphatic heterocycles. The molecule has 1 unspecified atom stereocenters. The Labute approximate surface area is 150 Å². The topological polar surface area (TPSA) is 54.0 Å². The third-order valence-corrected chi connectivity index (χ3v) is 4.21. The first-order chi connectivity index (χ1) is 12.3. The van der Waals surface area contributed by atoms with Gasteiger partial charge in [0.15, 0.2) is 0 Å². The van der Waals surface area contributed by atoms with E-state index in [1.165, 1.54) is 4.90 Å². The lowest BCUT2D eigenvalue weighted by Gasteiger charge is -2.35. The quantitative estimate of drug-likeness (QED) is 0.829. The summed E-state index contributed by atoms with van der Waals surface area (Å²) >= 11 is 0. The number of benzene rings is 1. The summed E-state index contributed by atoms with van der Waals surface area (Å²) in [6.45, 7) is 4.04. The maximum Gasteiger partial charge on any atom is 0.408 e. The predicted octanol–water partition coefficient (Wildman–Crippen LogP) is 2.35. The molecule has 0 bridgehead atoms. The average Bonchev–Trinajstić information content (AvgIpc) is 2.61. The summed E-state index contributed by atoms with van der Waals surface area (Å²) in [5, 5.41) is 1.99. The number of nitrogens with one attached hydrogen (secondary N) is 1. The molecule has 6 nitrogen and oxygen atoms in total. The molecular formula is C17H24F3N3O3. The Balaban J connectivity index is 1.69. The van der Waals surface area contributed by atoms with Gasteiger partial charge in [0.05, 0.1) is 7.11 Å². The number of rotatable bonds is 6. The van der Waals surface area contributed by atoms with Crippen LogP contribution in [0.15, 0.2) is 24.3 Å². The van der Waals surface area contributed by atoms with Gasteiger partial charge in [0.25, 0.3) is 0 Å². The van der Waals surface area contributed by atoms with E-state index >= 15 is 0 Å². The largest absolute Gasteiger partial charge is 0.497 e. The highest BCUT2D eigenvalue weighted by molar-refractivity contribution is 5.74. The Morgan fingerprint density at radius 1 is 1.23 bits per heavy atom. The van der Waals surface area contributed by atoms with Gasteiger partial charge in [-0.25, -0.2) is 4.79 Å². The zero-order chi connectivity index (χ0) is 19.2. The number of nitrogens with zero attached hydrogens (tertiary/aromatic N) is 2. The van der Waals surface area contributed by atoms with E-state index < -0.39 is 18.2 Å². The maximum atomic E-state index is 12.5. The maximum absolute atomic E-state index is 12.5. The lowest BCUT2D eigenvalue weighted by molar-refractivity contribution is -0.149. The first kappa shape index (κ1) is 20.2. The van der Waals surface area contributed by atoms with Crippen molar-refractivity contribution in [2.24, 2.45) is 0 Å². The minimum atomic E-state index is -4.44. The second-order valence-electron chi connectivity index (χ2n) is 6.07. The van der Waals surface area contributed by atoms with E-state index in [1.807, 2.05) is 23.5 Å². The van der Waals surface area contributed by atoms with Gasteiger partial charge >= 0.3 is 12.2 Å². The number of carbonyl (C=O) groups excluding carboxylic acids is 1. The van der Waals surface area contributed by atoms with Crippen molar-refractivity contribution in [3.05, 3.63) is 24.3 Å². The molecule has 1 fully saturated rings. The predicted molar refractivity (Wildman–Crippen MR) is 90.6 cm³/mol. The first-order valence-corrected chi connectivity index (χ1v) is 8.41. The summed E-state index contributed by atoms with van der Waals surface area (Å²) in [4.78, 5) is 15.4. The molecule has 0 spiro atoms. The van der Waals surface area contributed by atoms with Crippen molar-refractivity contribution in [3.63, 3.8) is 0 Å². The number of hydrogen-bond acceptors (Lipinski definition) is 4. The standard InChI is InChI=1S/C17H24F3N3O3/c1-13(17(18,19)20)21-16(24)23-8-6-22(7-9-23)10-11-26-15-5-3-4-14(12-15)25-2/h3-5,12-13H,6-11H2,1-2H3,(H,21,24). The highest BCUT2D eigenvalue weighted by Gasteiger charge is 2.38. The Morgan fingerprint density at radius 3 is 2.50 bits per heavy atom. The molecule has 1 atom stereocenters. The van der Waals surface area contributed by atoms with Gasteiger partial charge in [-0.15, -0.1) is 0 Å². The van der Waals surface area contributed by atoms with Gasteiger partial charge < -0.3 is 19.7 Å². The van der Waals surface area contributed by atoms with Crippen molar-refractivity contribution in [3.8, 4) is 11.5 Å². The van der Waals surface area contributed by atoms with Gasteiger partial charge in [-0.05, 0) is 19.1 Å². The summed E-state index contributed by atoms with van der Waals surface area (Å²) in [6.07, 6.45) is -4.44. The lowest BCUT2D eigenvalue weighted by Crippen LogP contribution is -2.55. The number of halogens is 3. The second kappa shape index (κ2) is 8.98. The van der Waals surface area contributed by atoms with E-state index in [-0.39, 0.29) is 0 Å². The van der Waals surface area contributed by atoms with E-state index in [9.17, 15) is 18.0 Å². The molecule has 0 saturated carbocycles. The normalized spacial score (nSPS) is 16.9. The fraction of sp³-hybridized carbons (Fsp3) is 0.588. The van der Waals surface area contributed by atoms with E-state index in [4.69, 9.17) is 9.47 Å². The smallest absolute Gasteiger partial charge is 0.408 e. The molecule has 1 aliphatic rings. The van der Waals surface area contributed by atoms with Gasteiger partial charge in [-0.1, -0.05) is 6.07 Å². The molecule has 1 aromatic rings. The van der Waals surface area contributed by atoms with Crippen LogP contribution in [0.5, 0.6) is 11.5 Å². The number of methoxy groups -OCH3 is 1. The van der Waals surface area contributed by atoms with Gasteiger partial charge in [-0.3, -0.25) is 4.90 Å². The van der Waals surface area contributed by atoms with Crippen LogP contribution in [-0.4, -0.2) is 74.5 Å². The summed E-state index contributed by atoms with van der Waals surface area (Å²) < 4.78 is 48.3. The molecule has 0 radical (unpaired) electrons. The second-order valence-corrected chi connectivity index (χ2v) is 6.07. The van der Waals surface area contributed by atoms with Crippen LogP contribution >= 0.6 is 0 Å². The van der Waals surface area contributed by atoms with Crippen LogP contribution in [0.2, 0.25) is 0 Å². The van der Waals surface area contributed by atoms with Crippen molar-refractivity contribution in [1.82, 2.24) is 15.1 Å². The third kappa shape index (κ3) is 5.98. The van der Waals surface area contributed by atoms with Crippen LogP contribution < -0.4 is 14.8 Å². The highest BCUT2D eigenvalue weighted by atomic mass is 19.4. The highest BCUT2D eigenvalue weighted by Crippen LogP contribution is 2.20. The number of urea groups is 1. The fourth-order valence-corrected chi connectivity index (χ4v) is 2.52. The van der Waals surface area contributed by atoms with Crippen LogP contribution in [0.1, 0.15) is 6.92 Å². The number of amides is 2.